The summed E-state index contributed by atoms with van der Waals surface area (Å²) >= 11 is -0.0836. The van der Waals surface area contributed by atoms with Gasteiger partial charge in [-0.25, -0.2) is 13.5 Å². The maximum Gasteiger partial charge on any atom is 0.255 e. The molecule has 2 aliphatic rings. The van der Waals surface area contributed by atoms with E-state index in [0.29, 0.717) is 11.6 Å². The summed E-state index contributed by atoms with van der Waals surface area (Å²) in [7, 11) is 0. The molecule has 1 amide bonds. The van der Waals surface area contributed by atoms with Gasteiger partial charge in [0.25, 0.3) is 17.1 Å². The molecule has 6 nitrogen and oxygen atoms in total. The normalized spacial score (nSPS) is 21.9. The van der Waals surface area contributed by atoms with E-state index in [0.717, 1.165) is 15.1 Å². The van der Waals surface area contributed by atoms with Gasteiger partial charge in [0.15, 0.2) is 5.84 Å². The van der Waals surface area contributed by atoms with Crippen molar-refractivity contribution < 1.29 is 9.00 Å². The van der Waals surface area contributed by atoms with Crippen LogP contribution in [-0.4, -0.2) is 31.1 Å². The number of carbonyl (C=O) groups is 1. The molecule has 0 bridgehead atoms. The van der Waals surface area contributed by atoms with Crippen LogP contribution in [0.4, 0.5) is 5.69 Å². The van der Waals surface area contributed by atoms with Crippen LogP contribution in [0.5, 0.6) is 0 Å². The molecule has 0 saturated heterocycles. The van der Waals surface area contributed by atoms with Gasteiger partial charge in [-0.15, -0.1) is 9.52 Å². The molecule has 0 aliphatic carbocycles. The lowest BCUT2D eigenvalue weighted by atomic mass is 10.4. The van der Waals surface area contributed by atoms with Crippen molar-refractivity contribution in [2.75, 3.05) is 10.1 Å². The number of hydrazone groups is 1. The van der Waals surface area contributed by atoms with E-state index in [1.54, 1.807) is 16.6 Å². The van der Waals surface area contributed by atoms with Gasteiger partial charge in [0, 0.05) is 13.1 Å². The molecule has 0 saturated carbocycles. The van der Waals surface area contributed by atoms with E-state index in [-0.39, 0.29) is 5.91 Å². The summed E-state index contributed by atoms with van der Waals surface area (Å²) in [4.78, 5) is 15.5. The molecular weight excluding hydrogens is 260 g/mol. The van der Waals surface area contributed by atoms with Crippen LogP contribution in [0.3, 0.4) is 0 Å². The molecule has 88 valence electrons. The number of rotatable bonds is 0. The van der Waals surface area contributed by atoms with Gasteiger partial charge in [-0.2, -0.15) is 0 Å². The molecular formula is C9H8N4O2S2. The van der Waals surface area contributed by atoms with Crippen LogP contribution in [0.1, 0.15) is 6.92 Å². The van der Waals surface area contributed by atoms with Crippen molar-refractivity contribution in [3.8, 4) is 0 Å². The third-order valence-electron chi connectivity index (χ3n) is 2.32. The molecule has 1 atom stereocenters. The van der Waals surface area contributed by atoms with E-state index >= 15 is 0 Å². The first-order valence-electron chi connectivity index (χ1n) is 4.86. The zero-order valence-corrected chi connectivity index (χ0v) is 10.5. The first-order valence-corrected chi connectivity index (χ1v) is 6.91. The zero-order chi connectivity index (χ0) is 12.0. The van der Waals surface area contributed by atoms with Crippen molar-refractivity contribution in [1.29, 1.82) is 0 Å². The monoisotopic (exact) mass is 268 g/mol. The summed E-state index contributed by atoms with van der Waals surface area (Å²) in [5.41, 5.74) is 0.740. The lowest BCUT2D eigenvalue weighted by Crippen LogP contribution is -2.36. The van der Waals surface area contributed by atoms with E-state index in [2.05, 4.69) is 10.1 Å². The number of hydrogen-bond acceptors (Lipinski definition) is 5. The highest BCUT2D eigenvalue weighted by atomic mass is 32.2. The maximum absolute atomic E-state index is 12.1. The highest BCUT2D eigenvalue weighted by Crippen LogP contribution is 2.37. The third kappa shape index (κ3) is 1.55. The molecule has 3 rings (SSSR count). The third-order valence-corrected chi connectivity index (χ3v) is 4.67. The lowest BCUT2D eigenvalue weighted by molar-refractivity contribution is -0.123. The number of aromatic nitrogens is 1. The Kier molecular flexibility index (Phi) is 2.40. The standard InChI is InChI=1S/C9H8N4O2S2/c1-6(14)13-11-8-5-16-9-7(3-2-4-10-9)12(8)17(13)15/h2-4H,5H2,1H3. The van der Waals surface area contributed by atoms with Gasteiger partial charge in [0.1, 0.15) is 5.03 Å². The van der Waals surface area contributed by atoms with Gasteiger partial charge in [-0.3, -0.25) is 4.79 Å². The minimum Gasteiger partial charge on any atom is -0.272 e. The number of nitrogens with zero attached hydrogens (tertiary/aromatic N) is 4. The summed E-state index contributed by atoms with van der Waals surface area (Å²) in [6, 6.07) is 3.60. The number of thioether (sulfide) groups is 1. The molecule has 2 aliphatic heterocycles. The first kappa shape index (κ1) is 10.7. The summed E-state index contributed by atoms with van der Waals surface area (Å²) < 4.78 is 14.7. The largest absolute Gasteiger partial charge is 0.272 e. The second-order valence-electron chi connectivity index (χ2n) is 3.45. The lowest BCUT2D eigenvalue weighted by Gasteiger charge is -2.23. The second-order valence-corrected chi connectivity index (χ2v) is 5.59. The van der Waals surface area contributed by atoms with Gasteiger partial charge in [-0.05, 0) is 12.1 Å². The number of amidine groups is 1. The number of fused-ring (bicyclic) bond motifs is 3. The van der Waals surface area contributed by atoms with Crippen molar-refractivity contribution in [3.05, 3.63) is 18.3 Å². The van der Waals surface area contributed by atoms with Crippen LogP contribution < -0.4 is 4.31 Å². The van der Waals surface area contributed by atoms with E-state index in [1.165, 1.54) is 18.7 Å². The summed E-state index contributed by atoms with van der Waals surface area (Å²) in [5, 5.41) is 4.88. The molecule has 3 heterocycles. The van der Waals surface area contributed by atoms with Crippen LogP contribution in [-0.2, 0) is 16.0 Å². The van der Waals surface area contributed by atoms with Crippen molar-refractivity contribution >= 4 is 40.4 Å². The Labute approximate surface area is 104 Å². The van der Waals surface area contributed by atoms with Gasteiger partial charge in [0.2, 0.25) is 0 Å². The predicted molar refractivity (Wildman–Crippen MR) is 65.5 cm³/mol. The summed E-state index contributed by atoms with van der Waals surface area (Å²) in [6.07, 6.45) is 1.69. The van der Waals surface area contributed by atoms with Crippen LogP contribution in [0.25, 0.3) is 0 Å². The quantitative estimate of drug-likeness (QED) is 0.696. The van der Waals surface area contributed by atoms with E-state index in [4.69, 9.17) is 0 Å². The van der Waals surface area contributed by atoms with Crippen LogP contribution in [0.15, 0.2) is 28.5 Å². The summed E-state index contributed by atoms with van der Waals surface area (Å²) in [6.45, 7) is 1.34. The summed E-state index contributed by atoms with van der Waals surface area (Å²) in [5.74, 6) is 0.865. The van der Waals surface area contributed by atoms with E-state index in [1.807, 2.05) is 6.07 Å². The SMILES string of the molecule is CC(=O)N1N=C2CSc3ncccc3N2S1=O. The minimum absolute atomic E-state index is 0.333. The molecule has 1 aromatic rings. The minimum atomic E-state index is -1.61. The molecule has 0 aromatic carbocycles. The fourth-order valence-electron chi connectivity index (χ4n) is 1.62. The average molecular weight is 268 g/mol. The van der Waals surface area contributed by atoms with Gasteiger partial charge >= 0.3 is 0 Å². The predicted octanol–water partition coefficient (Wildman–Crippen LogP) is 0.748. The van der Waals surface area contributed by atoms with Crippen molar-refractivity contribution in [3.63, 3.8) is 0 Å². The van der Waals surface area contributed by atoms with Crippen molar-refractivity contribution in [2.24, 2.45) is 5.10 Å². The Morgan fingerprint density at radius 3 is 3.18 bits per heavy atom. The smallest absolute Gasteiger partial charge is 0.255 e. The van der Waals surface area contributed by atoms with E-state index in [9.17, 15) is 9.00 Å². The highest BCUT2D eigenvalue weighted by molar-refractivity contribution is 8.00. The molecule has 0 fully saturated rings. The number of hydrogen-bond donors (Lipinski definition) is 0. The van der Waals surface area contributed by atoms with Crippen molar-refractivity contribution in [2.45, 2.75) is 11.9 Å². The van der Waals surface area contributed by atoms with Crippen LogP contribution in [0.2, 0.25) is 0 Å². The van der Waals surface area contributed by atoms with Gasteiger partial charge in [0.05, 0.1) is 11.4 Å². The fraction of sp³-hybridized carbons (Fsp3) is 0.222. The number of amides is 1. The first-order chi connectivity index (χ1) is 8.18. The fourth-order valence-corrected chi connectivity index (χ4v) is 3.79. The topological polar surface area (TPSA) is 65.9 Å². The Hall–Kier alpha value is -1.41. The Balaban J connectivity index is 2.09. The molecule has 0 radical (unpaired) electrons. The van der Waals surface area contributed by atoms with Crippen molar-refractivity contribution in [1.82, 2.24) is 9.40 Å². The van der Waals surface area contributed by atoms with Crippen LogP contribution >= 0.6 is 11.8 Å². The number of anilines is 1. The zero-order valence-electron chi connectivity index (χ0n) is 8.86. The molecule has 17 heavy (non-hydrogen) atoms. The Morgan fingerprint density at radius 1 is 1.59 bits per heavy atom. The molecule has 8 heteroatoms. The maximum atomic E-state index is 12.1. The highest BCUT2D eigenvalue weighted by Gasteiger charge is 2.38. The molecule has 0 N–H and O–H groups in total. The van der Waals surface area contributed by atoms with Gasteiger partial charge in [-0.1, -0.05) is 11.8 Å². The Morgan fingerprint density at radius 2 is 2.41 bits per heavy atom. The van der Waals surface area contributed by atoms with Crippen LogP contribution in [0, 0.1) is 0 Å². The van der Waals surface area contributed by atoms with Gasteiger partial charge < -0.3 is 0 Å². The number of pyridine rings is 1. The molecule has 0 spiro atoms. The van der Waals surface area contributed by atoms with E-state index < -0.39 is 11.2 Å². The average Bonchev–Trinajstić information content (AvgIpc) is 2.67. The number of carbonyl (C=O) groups excluding carboxylic acids is 1. The molecule has 1 unspecified atom stereocenters. The molecule has 1 aromatic heterocycles. The Bertz CT molecular complexity index is 560. The second kappa shape index (κ2) is 3.81.